The summed E-state index contributed by atoms with van der Waals surface area (Å²) in [5.74, 6) is -31.9. The lowest BCUT2D eigenvalue weighted by molar-refractivity contribution is -0.585. The van der Waals surface area contributed by atoms with Gasteiger partial charge in [-0.05, 0) is 0 Å². The first-order chi connectivity index (χ1) is 18.1. The van der Waals surface area contributed by atoms with Crippen LogP contribution in [-0.2, 0) is 18.9 Å². The summed E-state index contributed by atoms with van der Waals surface area (Å²) >= 11 is 0. The van der Waals surface area contributed by atoms with E-state index in [1.54, 1.807) is 0 Å². The van der Waals surface area contributed by atoms with E-state index in [0.717, 1.165) is 14.2 Å². The van der Waals surface area contributed by atoms with E-state index in [1.807, 2.05) is 0 Å². The van der Waals surface area contributed by atoms with Crippen molar-refractivity contribution < 1.29 is 134 Å². The van der Waals surface area contributed by atoms with E-state index in [-0.39, 0.29) is 0 Å². The summed E-state index contributed by atoms with van der Waals surface area (Å²) in [6.07, 6.45) is -63.4. The lowest BCUT2D eigenvalue weighted by Gasteiger charge is -2.40. The number of rotatable bonds is 15. The zero-order chi connectivity index (χ0) is 35.5. The molecule has 0 aliphatic rings. The predicted molar refractivity (Wildman–Crippen MR) is 71.9 cm³/mol. The summed E-state index contributed by atoms with van der Waals surface area (Å²) in [6, 6.07) is 0. The summed E-state index contributed by atoms with van der Waals surface area (Å²) < 4.78 is 328. The maximum atomic E-state index is 13.3. The van der Waals surface area contributed by atoms with Gasteiger partial charge in [-0.15, -0.1) is 13.2 Å². The fourth-order valence-corrected chi connectivity index (χ4v) is 1.76. The maximum absolute atomic E-state index is 13.3. The summed E-state index contributed by atoms with van der Waals surface area (Å²) in [4.78, 5) is 0. The van der Waals surface area contributed by atoms with Gasteiger partial charge in [0.15, 0.2) is 0 Å². The van der Waals surface area contributed by atoms with Crippen molar-refractivity contribution in [2.75, 3.05) is 6.61 Å². The number of halogens is 25. The molecule has 0 spiro atoms. The summed E-state index contributed by atoms with van der Waals surface area (Å²) in [7, 11) is 0. The van der Waals surface area contributed by atoms with Crippen molar-refractivity contribution in [3.05, 3.63) is 0 Å². The first-order valence-corrected chi connectivity index (χ1v) is 8.78. The fourth-order valence-electron chi connectivity index (χ4n) is 1.76. The molecule has 43 heavy (non-hydrogen) atoms. The fraction of sp³-hybridized carbons (Fsp3) is 1.00. The average molecular weight is 714 g/mol. The number of hydrogen-bond donors (Lipinski definition) is 1. The number of ether oxygens (including phenoxy) is 4. The molecule has 0 atom stereocenters. The van der Waals surface area contributed by atoms with Crippen LogP contribution in [0.5, 0.6) is 0 Å². The molecule has 0 heterocycles. The van der Waals surface area contributed by atoms with E-state index in [9.17, 15) is 110 Å². The topological polar surface area (TPSA) is 57.2 Å². The van der Waals surface area contributed by atoms with Crippen LogP contribution in [0, 0.1) is 0 Å². The van der Waals surface area contributed by atoms with Gasteiger partial charge in [-0.1, -0.05) is 0 Å². The quantitative estimate of drug-likeness (QED) is 0.181. The first-order valence-electron chi connectivity index (χ1n) is 8.78. The van der Waals surface area contributed by atoms with E-state index in [1.165, 1.54) is 4.74 Å². The summed E-state index contributed by atoms with van der Waals surface area (Å²) in [5.41, 5.74) is 0. The molecule has 0 aromatic carbocycles. The molecule has 0 aromatic rings. The molecule has 260 valence electrons. The Morgan fingerprint density at radius 3 is 0.767 bits per heavy atom. The van der Waals surface area contributed by atoms with Crippen LogP contribution >= 0.6 is 0 Å². The van der Waals surface area contributed by atoms with E-state index in [0.29, 0.717) is 0 Å². The van der Waals surface area contributed by atoms with Gasteiger partial charge in [0.05, 0.1) is 0 Å². The lowest BCUT2D eigenvalue weighted by Crippen LogP contribution is -2.69. The molecule has 5 nitrogen and oxygen atoms in total. The van der Waals surface area contributed by atoms with Gasteiger partial charge >= 0.3 is 72.8 Å². The van der Waals surface area contributed by atoms with Crippen molar-refractivity contribution in [1.82, 2.24) is 0 Å². The smallest absolute Gasteiger partial charge is 0.390 e. The van der Waals surface area contributed by atoms with Gasteiger partial charge in [0.25, 0.3) is 0 Å². The molecule has 0 unspecified atom stereocenters. The van der Waals surface area contributed by atoms with Gasteiger partial charge in [-0.25, -0.2) is 18.9 Å². The van der Waals surface area contributed by atoms with E-state index >= 15 is 0 Å². The third kappa shape index (κ3) is 7.48. The third-order valence-corrected chi connectivity index (χ3v) is 3.84. The van der Waals surface area contributed by atoms with Gasteiger partial charge in [-0.3, -0.25) is 0 Å². The Morgan fingerprint density at radius 2 is 0.535 bits per heavy atom. The lowest BCUT2D eigenvalue weighted by atomic mass is 9.98. The number of alkyl halides is 25. The molecule has 30 heteroatoms. The Bertz CT molecular complexity index is 969. The van der Waals surface area contributed by atoms with Crippen LogP contribution in [0.25, 0.3) is 0 Å². The highest BCUT2D eigenvalue weighted by molar-refractivity contribution is 5.06. The Balaban J connectivity index is 6.41. The molecule has 0 amide bonds. The Morgan fingerprint density at radius 1 is 0.302 bits per heavy atom. The van der Waals surface area contributed by atoms with E-state index in [2.05, 4.69) is 0 Å². The number of aliphatic hydroxyl groups is 1. The molecule has 0 fully saturated rings. The van der Waals surface area contributed by atoms with Gasteiger partial charge in [0, 0.05) is 0 Å². The highest BCUT2D eigenvalue weighted by atomic mass is 19.4. The minimum Gasteiger partial charge on any atom is -0.390 e. The second kappa shape index (κ2) is 10.8. The van der Waals surface area contributed by atoms with Crippen LogP contribution in [0.2, 0.25) is 0 Å². The molecule has 1 N–H and O–H groups in total. The molecule has 0 rings (SSSR count). The van der Waals surface area contributed by atoms with Crippen LogP contribution in [0.15, 0.2) is 0 Å². The molecular formula is C13H3F25O5. The standard InChI is InChI=1S/C13H3F25O5/c14-2(15,1-39)3(16,17)4(18,19)5(20,21)6(22,23)40-7(24,25)8(26,27)41-9(28,29)10(30,31)42-11(32,33)12(34,35)43-13(36,37)38/h39H,1H2. The van der Waals surface area contributed by atoms with Crippen molar-refractivity contribution in [2.24, 2.45) is 0 Å². The minimum absolute atomic E-state index is 1.01. The Kier molecular flexibility index (Phi) is 10.4. The van der Waals surface area contributed by atoms with Crippen LogP contribution in [-0.4, -0.2) is 84.5 Å². The normalized spacial score (nSPS) is 16.6. The molecule has 0 saturated heterocycles. The highest BCUT2D eigenvalue weighted by Crippen LogP contribution is 2.59. The minimum atomic E-state index is -8.61. The molecule has 0 bridgehead atoms. The SMILES string of the molecule is OCC(F)(F)C(F)(F)C(F)(F)C(F)(F)C(F)(F)OC(F)(F)C(F)(F)OC(F)(F)C(F)(F)OC(F)(F)C(F)(F)OC(F)(F)F. The molecule has 0 aliphatic carbocycles. The zero-order valence-electron chi connectivity index (χ0n) is 18.2. The molecule has 0 radical (unpaired) electrons. The van der Waals surface area contributed by atoms with Crippen molar-refractivity contribution in [2.45, 2.75) is 72.8 Å². The first kappa shape index (κ1) is 41.0. The molecule has 0 aromatic heterocycles. The monoisotopic (exact) mass is 714 g/mol. The number of aliphatic hydroxyl groups excluding tert-OH is 1. The van der Waals surface area contributed by atoms with Gasteiger partial charge in [0.1, 0.15) is 6.61 Å². The van der Waals surface area contributed by atoms with Gasteiger partial charge < -0.3 is 5.11 Å². The van der Waals surface area contributed by atoms with Crippen LogP contribution in [0.4, 0.5) is 110 Å². The summed E-state index contributed by atoms with van der Waals surface area (Å²) in [6.45, 7) is -3.60. The molecule has 0 saturated carbocycles. The van der Waals surface area contributed by atoms with Gasteiger partial charge in [0.2, 0.25) is 0 Å². The molecule has 0 aliphatic heterocycles. The van der Waals surface area contributed by atoms with Gasteiger partial charge in [-0.2, -0.15) is 96.6 Å². The largest absolute Gasteiger partial charge is 0.527 e. The van der Waals surface area contributed by atoms with Crippen molar-refractivity contribution >= 4 is 0 Å². The second-order valence-corrected chi connectivity index (χ2v) is 7.06. The molecular weight excluding hydrogens is 711 g/mol. The second-order valence-electron chi connectivity index (χ2n) is 7.06. The Hall–Kier alpha value is -1.95. The van der Waals surface area contributed by atoms with Crippen molar-refractivity contribution in [1.29, 1.82) is 0 Å². The highest BCUT2D eigenvalue weighted by Gasteiger charge is 2.88. The number of hydrogen-bond acceptors (Lipinski definition) is 5. The summed E-state index contributed by atoms with van der Waals surface area (Å²) in [5, 5.41) is 7.84. The van der Waals surface area contributed by atoms with Crippen molar-refractivity contribution in [3.63, 3.8) is 0 Å². The maximum Gasteiger partial charge on any atom is 0.527 e. The van der Waals surface area contributed by atoms with Crippen LogP contribution in [0.3, 0.4) is 0 Å². The van der Waals surface area contributed by atoms with Crippen LogP contribution < -0.4 is 0 Å². The average Bonchev–Trinajstić information content (AvgIpc) is 2.68. The van der Waals surface area contributed by atoms with E-state index in [4.69, 9.17) is 5.11 Å². The third-order valence-electron chi connectivity index (χ3n) is 3.84. The predicted octanol–water partition coefficient (Wildman–Crippen LogP) is 7.26. The van der Waals surface area contributed by atoms with E-state index < -0.39 is 79.4 Å². The Labute approximate surface area is 215 Å². The van der Waals surface area contributed by atoms with Crippen LogP contribution in [0.1, 0.15) is 0 Å². The van der Waals surface area contributed by atoms with Crippen molar-refractivity contribution in [3.8, 4) is 0 Å². The zero-order valence-corrected chi connectivity index (χ0v) is 18.2.